The summed E-state index contributed by atoms with van der Waals surface area (Å²) >= 11 is 0. The van der Waals surface area contributed by atoms with Gasteiger partial charge in [0.1, 0.15) is 18.0 Å². The number of pyridine rings is 1. The van der Waals surface area contributed by atoms with Crippen molar-refractivity contribution in [2.45, 2.75) is 4.90 Å². The summed E-state index contributed by atoms with van der Waals surface area (Å²) in [4.78, 5) is 3.67. The Hall–Kier alpha value is -2.44. The molecule has 20 heavy (non-hydrogen) atoms. The Balaban J connectivity index is 3.21. The van der Waals surface area contributed by atoms with Gasteiger partial charge in [0.15, 0.2) is 0 Å². The van der Waals surface area contributed by atoms with E-state index in [2.05, 4.69) is 16.8 Å². The lowest BCUT2D eigenvalue weighted by molar-refractivity contribution is 0.479. The maximum Gasteiger partial charge on any atom is 0.246 e. The van der Waals surface area contributed by atoms with Crippen LogP contribution in [0.15, 0.2) is 23.4 Å². The van der Waals surface area contributed by atoms with Crippen LogP contribution in [0.2, 0.25) is 0 Å². The first-order chi connectivity index (χ1) is 9.56. The normalized spacial score (nSPS) is 10.2. The molecule has 0 aliphatic heterocycles. The summed E-state index contributed by atoms with van der Waals surface area (Å²) in [5, 5.41) is 17.3. The zero-order chi connectivity index (χ0) is 15.0. The van der Waals surface area contributed by atoms with Crippen molar-refractivity contribution in [1.29, 1.82) is 10.5 Å². The molecule has 0 aliphatic rings. The molecule has 7 nitrogen and oxygen atoms in total. The molecule has 0 saturated heterocycles. The number of hydrogen-bond donors (Lipinski definition) is 1. The summed E-state index contributed by atoms with van der Waals surface area (Å²) in [6.07, 6.45) is 2.55. The van der Waals surface area contributed by atoms with Gasteiger partial charge in [0.05, 0.1) is 18.7 Å². The Kier molecular flexibility index (Phi) is 5.64. The average molecular weight is 289 g/mol. The molecule has 8 heteroatoms. The van der Waals surface area contributed by atoms with Gasteiger partial charge >= 0.3 is 0 Å². The molecule has 0 bridgehead atoms. The van der Waals surface area contributed by atoms with E-state index in [4.69, 9.17) is 16.3 Å². The van der Waals surface area contributed by atoms with Crippen molar-refractivity contribution in [3.05, 3.63) is 24.0 Å². The molecule has 1 heterocycles. The van der Waals surface area contributed by atoms with E-state index in [9.17, 15) is 8.42 Å². The second-order valence-corrected chi connectivity index (χ2v) is 5.44. The fraction of sp³-hybridized carbons (Fsp3) is 0.250. The molecule has 0 radical (unpaired) electrons. The Morgan fingerprint density at radius 1 is 1.25 bits per heavy atom. The van der Waals surface area contributed by atoms with Crippen molar-refractivity contribution in [2.24, 2.45) is 5.73 Å². The zero-order valence-electron chi connectivity index (χ0n) is 10.4. The van der Waals surface area contributed by atoms with Gasteiger partial charge in [-0.05, 0) is 6.07 Å². The van der Waals surface area contributed by atoms with Crippen LogP contribution in [0.4, 0.5) is 0 Å². The predicted octanol–water partition coefficient (Wildman–Crippen LogP) is -0.570. The highest BCUT2D eigenvalue weighted by molar-refractivity contribution is 7.89. The van der Waals surface area contributed by atoms with E-state index in [1.165, 1.54) is 12.3 Å². The number of aromatic nitrogens is 1. The second kappa shape index (κ2) is 7.22. The Morgan fingerprint density at radius 2 is 1.90 bits per heavy atom. The summed E-state index contributed by atoms with van der Waals surface area (Å²) < 4.78 is 25.3. The molecule has 0 unspecified atom stereocenters. The van der Waals surface area contributed by atoms with Crippen molar-refractivity contribution >= 4 is 10.0 Å². The molecule has 0 spiro atoms. The predicted molar refractivity (Wildman–Crippen MR) is 70.2 cm³/mol. The summed E-state index contributed by atoms with van der Waals surface area (Å²) in [7, 11) is -3.95. The van der Waals surface area contributed by atoms with Gasteiger partial charge in [-0.25, -0.2) is 8.42 Å². The third kappa shape index (κ3) is 3.78. The standard InChI is InChI=1S/C12H11N5O2S/c13-3-1-2-11-8-12(10-16-9-11)20(18,19)17(6-4-14)7-5-15/h8-10H,3,6-7,13H2. The molecular weight excluding hydrogens is 278 g/mol. The highest BCUT2D eigenvalue weighted by Gasteiger charge is 2.24. The minimum Gasteiger partial charge on any atom is -0.320 e. The number of nitriles is 2. The first-order valence-corrected chi connectivity index (χ1v) is 6.88. The SMILES string of the molecule is N#CCN(CC#N)S(=O)(=O)c1cncc(C#CCN)c1. The molecule has 1 aromatic rings. The third-order valence-corrected chi connectivity index (χ3v) is 3.94. The lowest BCUT2D eigenvalue weighted by Crippen LogP contribution is -2.32. The quantitative estimate of drug-likeness (QED) is 0.584. The van der Waals surface area contributed by atoms with Gasteiger partial charge in [0.2, 0.25) is 10.0 Å². The first-order valence-electron chi connectivity index (χ1n) is 5.44. The van der Waals surface area contributed by atoms with Crippen molar-refractivity contribution in [3.63, 3.8) is 0 Å². The van der Waals surface area contributed by atoms with Gasteiger partial charge in [-0.15, -0.1) is 0 Å². The second-order valence-electron chi connectivity index (χ2n) is 3.50. The van der Waals surface area contributed by atoms with E-state index >= 15 is 0 Å². The number of rotatable bonds is 4. The van der Waals surface area contributed by atoms with Crippen LogP contribution < -0.4 is 5.73 Å². The minimum atomic E-state index is -3.95. The lowest BCUT2D eigenvalue weighted by atomic mass is 10.3. The molecule has 2 N–H and O–H groups in total. The summed E-state index contributed by atoms with van der Waals surface area (Å²) in [5.41, 5.74) is 5.63. The van der Waals surface area contributed by atoms with E-state index in [1.54, 1.807) is 12.1 Å². The molecule has 0 fully saturated rings. The van der Waals surface area contributed by atoms with Crippen LogP contribution in [-0.4, -0.2) is 37.3 Å². The Bertz CT molecular complexity index is 703. The van der Waals surface area contributed by atoms with E-state index in [0.717, 1.165) is 10.5 Å². The summed E-state index contributed by atoms with van der Waals surface area (Å²) in [6.45, 7) is -0.671. The zero-order valence-corrected chi connectivity index (χ0v) is 11.3. The van der Waals surface area contributed by atoms with Crippen LogP contribution in [0, 0.1) is 34.5 Å². The van der Waals surface area contributed by atoms with Gasteiger partial charge in [-0.1, -0.05) is 11.8 Å². The van der Waals surface area contributed by atoms with Crippen LogP contribution in [0.3, 0.4) is 0 Å². The number of hydrogen-bond acceptors (Lipinski definition) is 6. The van der Waals surface area contributed by atoms with E-state index < -0.39 is 23.1 Å². The highest BCUT2D eigenvalue weighted by Crippen LogP contribution is 2.15. The van der Waals surface area contributed by atoms with Crippen LogP contribution in [0.5, 0.6) is 0 Å². The first kappa shape index (κ1) is 15.6. The van der Waals surface area contributed by atoms with Crippen LogP contribution in [0.1, 0.15) is 5.56 Å². The number of nitrogens with zero attached hydrogens (tertiary/aromatic N) is 4. The fourth-order valence-corrected chi connectivity index (χ4v) is 2.54. The van der Waals surface area contributed by atoms with Crippen molar-refractivity contribution in [3.8, 4) is 24.0 Å². The van der Waals surface area contributed by atoms with Gasteiger partial charge in [0, 0.05) is 18.0 Å². The molecule has 0 saturated carbocycles. The third-order valence-electron chi connectivity index (χ3n) is 2.18. The van der Waals surface area contributed by atoms with Crippen LogP contribution in [0.25, 0.3) is 0 Å². The summed E-state index contributed by atoms with van der Waals surface area (Å²) in [6, 6.07) is 4.74. The van der Waals surface area contributed by atoms with Crippen molar-refractivity contribution in [1.82, 2.24) is 9.29 Å². The fourth-order valence-electron chi connectivity index (χ4n) is 1.31. The number of sulfonamides is 1. The van der Waals surface area contributed by atoms with Gasteiger partial charge in [-0.2, -0.15) is 14.8 Å². The van der Waals surface area contributed by atoms with E-state index in [1.807, 2.05) is 0 Å². The topological polar surface area (TPSA) is 124 Å². The van der Waals surface area contributed by atoms with Crippen molar-refractivity contribution in [2.75, 3.05) is 19.6 Å². The Morgan fingerprint density at radius 3 is 2.45 bits per heavy atom. The molecule has 102 valence electrons. The smallest absolute Gasteiger partial charge is 0.246 e. The maximum atomic E-state index is 12.2. The highest BCUT2D eigenvalue weighted by atomic mass is 32.2. The monoisotopic (exact) mass is 289 g/mol. The summed E-state index contributed by atoms with van der Waals surface area (Å²) in [5.74, 6) is 5.26. The van der Waals surface area contributed by atoms with Crippen molar-refractivity contribution < 1.29 is 8.42 Å². The maximum absolute atomic E-state index is 12.2. The molecule has 1 aromatic heterocycles. The minimum absolute atomic E-state index is 0.119. The molecule has 0 aromatic carbocycles. The molecule has 1 rings (SSSR count). The average Bonchev–Trinajstić information content (AvgIpc) is 2.45. The van der Waals surface area contributed by atoms with Gasteiger partial charge in [-0.3, -0.25) is 4.98 Å². The molecule has 0 amide bonds. The lowest BCUT2D eigenvalue weighted by Gasteiger charge is -2.15. The Labute approximate surface area is 117 Å². The van der Waals surface area contributed by atoms with Crippen LogP contribution >= 0.6 is 0 Å². The molecular formula is C12H11N5O2S. The molecule has 0 atom stereocenters. The van der Waals surface area contributed by atoms with E-state index in [0.29, 0.717) is 5.56 Å². The molecule has 0 aliphatic carbocycles. The van der Waals surface area contributed by atoms with Gasteiger partial charge in [0.25, 0.3) is 0 Å². The largest absolute Gasteiger partial charge is 0.320 e. The number of nitrogens with two attached hydrogens (primary N) is 1. The van der Waals surface area contributed by atoms with Gasteiger partial charge < -0.3 is 5.73 Å². The van der Waals surface area contributed by atoms with Crippen LogP contribution in [-0.2, 0) is 10.0 Å². The van der Waals surface area contributed by atoms with E-state index in [-0.39, 0.29) is 11.4 Å².